The topological polar surface area (TPSA) is 22.0 Å². The van der Waals surface area contributed by atoms with Crippen molar-refractivity contribution in [3.8, 4) is 0 Å². The van der Waals surface area contributed by atoms with E-state index in [4.69, 9.17) is 0 Å². The number of ketones is 1. The van der Waals surface area contributed by atoms with Crippen LogP contribution in [0.1, 0.15) is 25.1 Å². The highest BCUT2D eigenvalue weighted by Gasteiger charge is 2.10. The van der Waals surface area contributed by atoms with Crippen LogP contribution in [0.25, 0.3) is 10.9 Å². The molecule has 84 valence electrons. The van der Waals surface area contributed by atoms with Crippen molar-refractivity contribution in [2.75, 3.05) is 0 Å². The monoisotopic (exact) mass is 215 g/mol. The molecule has 0 atom stereocenters. The highest BCUT2D eigenvalue weighted by molar-refractivity contribution is 5.86. The quantitative estimate of drug-likeness (QED) is 0.771. The summed E-state index contributed by atoms with van der Waals surface area (Å²) in [6.07, 6.45) is 0.530. The molecular weight excluding hydrogens is 198 g/mol. The summed E-state index contributed by atoms with van der Waals surface area (Å²) >= 11 is 0. The number of nitrogens with zero attached hydrogens (tertiary/aromatic N) is 1. The van der Waals surface area contributed by atoms with E-state index in [-0.39, 0.29) is 5.78 Å². The van der Waals surface area contributed by atoms with Gasteiger partial charge in [-0.2, -0.15) is 0 Å². The van der Waals surface area contributed by atoms with E-state index in [2.05, 4.69) is 42.7 Å². The van der Waals surface area contributed by atoms with E-state index in [9.17, 15) is 4.79 Å². The number of carbonyl (C=O) groups excluding carboxylic acids is 1. The molecule has 1 heterocycles. The van der Waals surface area contributed by atoms with Crippen molar-refractivity contribution in [1.82, 2.24) is 4.57 Å². The van der Waals surface area contributed by atoms with E-state index in [1.165, 1.54) is 16.5 Å². The fraction of sp³-hybridized carbons (Fsp3) is 0.357. The van der Waals surface area contributed by atoms with Crippen molar-refractivity contribution in [2.24, 2.45) is 0 Å². The standard InChI is InChI=1S/C14H17NO/c1-4-15-13(8-11(3)16)9-12-7-5-6-10(2)14(12)15/h5-7,9H,4,8H2,1-3H3. The van der Waals surface area contributed by atoms with Gasteiger partial charge in [-0.05, 0) is 32.4 Å². The minimum atomic E-state index is 0.218. The van der Waals surface area contributed by atoms with Gasteiger partial charge in [-0.25, -0.2) is 0 Å². The third-order valence-electron chi connectivity index (χ3n) is 2.95. The van der Waals surface area contributed by atoms with E-state index < -0.39 is 0 Å². The lowest BCUT2D eigenvalue weighted by Gasteiger charge is -2.08. The molecule has 16 heavy (non-hydrogen) atoms. The molecule has 0 spiro atoms. The van der Waals surface area contributed by atoms with Crippen LogP contribution in [0.5, 0.6) is 0 Å². The third kappa shape index (κ3) is 1.75. The van der Waals surface area contributed by atoms with Crippen LogP contribution in [0.4, 0.5) is 0 Å². The Morgan fingerprint density at radius 1 is 1.38 bits per heavy atom. The first-order valence-corrected chi connectivity index (χ1v) is 5.70. The molecule has 2 aromatic rings. The second-order valence-corrected chi connectivity index (χ2v) is 4.27. The Kier molecular flexibility index (Phi) is 2.82. The summed E-state index contributed by atoms with van der Waals surface area (Å²) in [6, 6.07) is 8.42. The van der Waals surface area contributed by atoms with Crippen molar-refractivity contribution in [3.05, 3.63) is 35.5 Å². The first-order chi connectivity index (χ1) is 7.63. The normalized spacial score (nSPS) is 10.9. The maximum absolute atomic E-state index is 11.2. The Morgan fingerprint density at radius 2 is 2.12 bits per heavy atom. The molecule has 1 aromatic carbocycles. The largest absolute Gasteiger partial charge is 0.344 e. The molecule has 0 saturated heterocycles. The zero-order valence-corrected chi connectivity index (χ0v) is 10.1. The van der Waals surface area contributed by atoms with E-state index in [1.54, 1.807) is 6.92 Å². The number of carbonyl (C=O) groups is 1. The van der Waals surface area contributed by atoms with Gasteiger partial charge in [-0.1, -0.05) is 18.2 Å². The van der Waals surface area contributed by atoms with E-state index in [0.717, 1.165) is 12.2 Å². The molecule has 0 saturated carbocycles. The first kappa shape index (κ1) is 10.9. The number of fused-ring (bicyclic) bond motifs is 1. The van der Waals surface area contributed by atoms with Crippen molar-refractivity contribution in [1.29, 1.82) is 0 Å². The lowest BCUT2D eigenvalue weighted by molar-refractivity contribution is -0.116. The number of para-hydroxylation sites is 1. The Morgan fingerprint density at radius 3 is 2.75 bits per heavy atom. The molecule has 0 unspecified atom stereocenters. The number of hydrogen-bond acceptors (Lipinski definition) is 1. The van der Waals surface area contributed by atoms with Gasteiger partial charge in [0.05, 0.1) is 5.52 Å². The van der Waals surface area contributed by atoms with Crippen LogP contribution in [-0.4, -0.2) is 10.4 Å². The summed E-state index contributed by atoms with van der Waals surface area (Å²) in [6.45, 7) is 6.79. The van der Waals surface area contributed by atoms with Gasteiger partial charge in [0.1, 0.15) is 5.78 Å². The first-order valence-electron chi connectivity index (χ1n) is 5.70. The summed E-state index contributed by atoms with van der Waals surface area (Å²) in [7, 11) is 0. The minimum absolute atomic E-state index is 0.218. The molecule has 0 radical (unpaired) electrons. The molecule has 0 bridgehead atoms. The maximum Gasteiger partial charge on any atom is 0.135 e. The molecule has 0 amide bonds. The SMILES string of the molecule is CCn1c(CC(C)=O)cc2cccc(C)c21. The Balaban J connectivity index is 2.67. The highest BCUT2D eigenvalue weighted by Crippen LogP contribution is 2.23. The zero-order chi connectivity index (χ0) is 11.7. The van der Waals surface area contributed by atoms with Crippen molar-refractivity contribution in [2.45, 2.75) is 33.7 Å². The number of aryl methyl sites for hydroxylation is 2. The number of aromatic nitrogens is 1. The number of benzene rings is 1. The van der Waals surface area contributed by atoms with Crippen LogP contribution in [-0.2, 0) is 17.8 Å². The van der Waals surface area contributed by atoms with Crippen LogP contribution >= 0.6 is 0 Å². The van der Waals surface area contributed by atoms with Crippen LogP contribution in [0.2, 0.25) is 0 Å². The summed E-state index contributed by atoms with van der Waals surface area (Å²) in [4.78, 5) is 11.2. The average Bonchev–Trinajstić information content (AvgIpc) is 2.55. The van der Waals surface area contributed by atoms with E-state index in [1.807, 2.05) is 0 Å². The predicted octanol–water partition coefficient (Wildman–Crippen LogP) is 3.10. The zero-order valence-electron chi connectivity index (χ0n) is 10.1. The van der Waals surface area contributed by atoms with E-state index >= 15 is 0 Å². The van der Waals surface area contributed by atoms with Gasteiger partial charge in [-0.15, -0.1) is 0 Å². The van der Waals surface area contributed by atoms with Crippen LogP contribution in [0.3, 0.4) is 0 Å². The second-order valence-electron chi connectivity index (χ2n) is 4.27. The van der Waals surface area contributed by atoms with Gasteiger partial charge in [0, 0.05) is 24.0 Å². The lowest BCUT2D eigenvalue weighted by atomic mass is 10.1. The summed E-state index contributed by atoms with van der Waals surface area (Å²) in [5, 5.41) is 1.23. The number of hydrogen-bond donors (Lipinski definition) is 0. The molecule has 0 N–H and O–H groups in total. The van der Waals surface area contributed by atoms with Gasteiger partial charge < -0.3 is 4.57 Å². The van der Waals surface area contributed by atoms with Crippen LogP contribution in [0.15, 0.2) is 24.3 Å². The molecule has 0 aliphatic carbocycles. The lowest BCUT2D eigenvalue weighted by Crippen LogP contribution is -2.05. The Hall–Kier alpha value is -1.57. The predicted molar refractivity (Wildman–Crippen MR) is 66.7 cm³/mol. The van der Waals surface area contributed by atoms with Gasteiger partial charge >= 0.3 is 0 Å². The molecule has 2 rings (SSSR count). The molecule has 2 nitrogen and oxygen atoms in total. The van der Waals surface area contributed by atoms with Crippen molar-refractivity contribution < 1.29 is 4.79 Å². The van der Waals surface area contributed by atoms with Crippen molar-refractivity contribution >= 4 is 16.7 Å². The van der Waals surface area contributed by atoms with Crippen molar-refractivity contribution in [3.63, 3.8) is 0 Å². The fourth-order valence-corrected chi connectivity index (χ4v) is 2.33. The molecule has 0 fully saturated rings. The molecule has 2 heteroatoms. The summed E-state index contributed by atoms with van der Waals surface area (Å²) in [5.41, 5.74) is 3.66. The number of Topliss-reactive ketones (excluding diaryl/α,β-unsaturated/α-hetero) is 1. The van der Waals surface area contributed by atoms with Gasteiger partial charge in [0.25, 0.3) is 0 Å². The molecule has 0 aliphatic heterocycles. The van der Waals surface area contributed by atoms with Crippen LogP contribution in [0, 0.1) is 6.92 Å². The Labute approximate surface area is 95.9 Å². The highest BCUT2D eigenvalue weighted by atomic mass is 16.1. The Bertz CT molecular complexity index is 537. The maximum atomic E-state index is 11.2. The van der Waals surface area contributed by atoms with Gasteiger partial charge in [0.2, 0.25) is 0 Å². The summed E-state index contributed by atoms with van der Waals surface area (Å²) < 4.78 is 2.24. The second kappa shape index (κ2) is 4.12. The molecule has 0 aliphatic rings. The van der Waals surface area contributed by atoms with E-state index in [0.29, 0.717) is 6.42 Å². The summed E-state index contributed by atoms with van der Waals surface area (Å²) in [5.74, 6) is 0.218. The smallest absolute Gasteiger partial charge is 0.135 e. The fourth-order valence-electron chi connectivity index (χ4n) is 2.33. The average molecular weight is 215 g/mol. The van der Waals surface area contributed by atoms with Crippen LogP contribution < -0.4 is 0 Å². The van der Waals surface area contributed by atoms with Gasteiger partial charge in [0.15, 0.2) is 0 Å². The van der Waals surface area contributed by atoms with Gasteiger partial charge in [-0.3, -0.25) is 4.79 Å². The minimum Gasteiger partial charge on any atom is -0.344 e. The number of rotatable bonds is 3. The molecular formula is C14H17NO. The molecule has 1 aromatic heterocycles. The third-order valence-corrected chi connectivity index (χ3v) is 2.95.